The van der Waals surface area contributed by atoms with E-state index in [1.165, 1.54) is 29.7 Å². The van der Waals surface area contributed by atoms with Gasteiger partial charge in [-0.15, -0.1) is 0 Å². The Hall–Kier alpha value is -3.00. The first-order chi connectivity index (χ1) is 12.7. The second-order valence-corrected chi connectivity index (χ2v) is 6.71. The van der Waals surface area contributed by atoms with Crippen molar-refractivity contribution < 1.29 is 13.6 Å². The molecule has 0 aliphatic carbocycles. The summed E-state index contributed by atoms with van der Waals surface area (Å²) in [6, 6.07) is 7.70. The zero-order chi connectivity index (χ0) is 17.9. The second-order valence-electron chi connectivity index (χ2n) is 5.70. The first-order valence-corrected chi connectivity index (χ1v) is 8.89. The van der Waals surface area contributed by atoms with E-state index in [1.54, 1.807) is 35.6 Å². The summed E-state index contributed by atoms with van der Waals surface area (Å²) in [6.07, 6.45) is 7.50. The van der Waals surface area contributed by atoms with Crippen molar-refractivity contribution in [2.24, 2.45) is 0 Å². The standard InChI is InChI=1S/C18H15FN4O2S/c19-13-4-5-14-16(11-13)26-18(21-14)23(17(24)15-3-1-10-25-15)8-2-7-22-9-6-20-12-22/h1,3-6,9-12H,2,7-8H2. The van der Waals surface area contributed by atoms with Crippen LogP contribution in [0.4, 0.5) is 9.52 Å². The predicted molar refractivity (Wildman–Crippen MR) is 96.8 cm³/mol. The van der Waals surface area contributed by atoms with Crippen LogP contribution in [0.3, 0.4) is 0 Å². The quantitative estimate of drug-likeness (QED) is 0.515. The Balaban J connectivity index is 1.61. The lowest BCUT2D eigenvalue weighted by atomic mass is 10.3. The molecular weight excluding hydrogens is 355 g/mol. The molecule has 26 heavy (non-hydrogen) atoms. The summed E-state index contributed by atoms with van der Waals surface area (Å²) in [5, 5.41) is 0.526. The van der Waals surface area contributed by atoms with E-state index in [4.69, 9.17) is 4.42 Å². The lowest BCUT2D eigenvalue weighted by Crippen LogP contribution is -2.32. The lowest BCUT2D eigenvalue weighted by molar-refractivity contribution is 0.0959. The molecule has 0 unspecified atom stereocenters. The molecule has 3 heterocycles. The van der Waals surface area contributed by atoms with Crippen LogP contribution in [-0.4, -0.2) is 27.0 Å². The van der Waals surface area contributed by atoms with E-state index in [2.05, 4.69) is 9.97 Å². The van der Waals surface area contributed by atoms with E-state index >= 15 is 0 Å². The number of carbonyl (C=O) groups is 1. The van der Waals surface area contributed by atoms with E-state index in [1.807, 2.05) is 10.8 Å². The van der Waals surface area contributed by atoms with Gasteiger partial charge in [-0.05, 0) is 36.8 Å². The van der Waals surface area contributed by atoms with Gasteiger partial charge in [-0.25, -0.2) is 14.4 Å². The Morgan fingerprint density at radius 2 is 2.27 bits per heavy atom. The highest BCUT2D eigenvalue weighted by atomic mass is 32.1. The maximum atomic E-state index is 13.5. The van der Waals surface area contributed by atoms with Crippen LogP contribution in [0.5, 0.6) is 0 Å². The molecule has 4 rings (SSSR count). The largest absolute Gasteiger partial charge is 0.459 e. The van der Waals surface area contributed by atoms with Gasteiger partial charge < -0.3 is 8.98 Å². The van der Waals surface area contributed by atoms with Crippen molar-refractivity contribution in [2.75, 3.05) is 11.4 Å². The monoisotopic (exact) mass is 370 g/mol. The number of hydrogen-bond donors (Lipinski definition) is 0. The number of nitrogens with zero attached hydrogens (tertiary/aromatic N) is 4. The Labute approximate surface area is 152 Å². The molecule has 0 aliphatic rings. The smallest absolute Gasteiger partial charge is 0.295 e. The third kappa shape index (κ3) is 3.36. The summed E-state index contributed by atoms with van der Waals surface area (Å²) in [6.45, 7) is 1.18. The summed E-state index contributed by atoms with van der Waals surface area (Å²) in [5.74, 6) is -0.338. The van der Waals surface area contributed by atoms with Gasteiger partial charge in [0.15, 0.2) is 10.9 Å². The molecule has 0 saturated carbocycles. The second kappa shape index (κ2) is 7.09. The number of carbonyl (C=O) groups excluding carboxylic acids is 1. The first-order valence-electron chi connectivity index (χ1n) is 8.08. The van der Waals surface area contributed by atoms with Crippen molar-refractivity contribution in [3.63, 3.8) is 0 Å². The van der Waals surface area contributed by atoms with Crippen molar-refractivity contribution in [3.8, 4) is 0 Å². The van der Waals surface area contributed by atoms with Crippen LogP contribution in [0.15, 0.2) is 59.7 Å². The number of aromatic nitrogens is 3. The highest BCUT2D eigenvalue weighted by Crippen LogP contribution is 2.30. The molecule has 0 atom stereocenters. The molecule has 0 N–H and O–H groups in total. The Morgan fingerprint density at radius 1 is 1.35 bits per heavy atom. The Kier molecular flexibility index (Phi) is 4.49. The number of halogens is 1. The first kappa shape index (κ1) is 16.5. The number of anilines is 1. The zero-order valence-electron chi connectivity index (χ0n) is 13.7. The summed E-state index contributed by atoms with van der Waals surface area (Å²) in [5.41, 5.74) is 0.665. The number of furan rings is 1. The highest BCUT2D eigenvalue weighted by molar-refractivity contribution is 7.22. The number of imidazole rings is 1. The number of fused-ring (bicyclic) bond motifs is 1. The molecular formula is C18H15FN4O2S. The Bertz CT molecular complexity index is 1010. The van der Waals surface area contributed by atoms with Gasteiger partial charge in [0.1, 0.15) is 5.82 Å². The van der Waals surface area contributed by atoms with Crippen LogP contribution in [-0.2, 0) is 6.54 Å². The van der Waals surface area contributed by atoms with Crippen molar-refractivity contribution in [3.05, 3.63) is 66.9 Å². The van der Waals surface area contributed by atoms with Gasteiger partial charge in [0.05, 0.1) is 22.8 Å². The molecule has 0 fully saturated rings. The van der Waals surface area contributed by atoms with E-state index in [0.29, 0.717) is 28.3 Å². The van der Waals surface area contributed by atoms with Crippen molar-refractivity contribution in [1.29, 1.82) is 0 Å². The molecule has 0 spiro atoms. The van der Waals surface area contributed by atoms with Gasteiger partial charge in [-0.3, -0.25) is 9.69 Å². The third-order valence-electron chi connectivity index (χ3n) is 3.90. The fourth-order valence-electron chi connectivity index (χ4n) is 2.65. The van der Waals surface area contributed by atoms with Crippen LogP contribution in [0.2, 0.25) is 0 Å². The van der Waals surface area contributed by atoms with Gasteiger partial charge in [0.2, 0.25) is 0 Å². The van der Waals surface area contributed by atoms with Crippen LogP contribution in [0.1, 0.15) is 17.0 Å². The van der Waals surface area contributed by atoms with E-state index in [9.17, 15) is 9.18 Å². The molecule has 6 nitrogen and oxygen atoms in total. The van der Waals surface area contributed by atoms with Crippen molar-refractivity contribution in [1.82, 2.24) is 14.5 Å². The molecule has 132 valence electrons. The van der Waals surface area contributed by atoms with Crippen LogP contribution >= 0.6 is 11.3 Å². The summed E-state index contributed by atoms with van der Waals surface area (Å²) >= 11 is 1.29. The topological polar surface area (TPSA) is 64.2 Å². The average molecular weight is 370 g/mol. The van der Waals surface area contributed by atoms with Crippen LogP contribution in [0, 0.1) is 5.82 Å². The average Bonchev–Trinajstić information content (AvgIpc) is 3.38. The predicted octanol–water partition coefficient (Wildman–Crippen LogP) is 3.96. The van der Waals surface area contributed by atoms with E-state index in [-0.39, 0.29) is 17.5 Å². The molecule has 3 aromatic heterocycles. The van der Waals surface area contributed by atoms with Gasteiger partial charge in [-0.1, -0.05) is 11.3 Å². The molecule has 0 bridgehead atoms. The molecule has 1 amide bonds. The van der Waals surface area contributed by atoms with Crippen LogP contribution in [0.25, 0.3) is 10.2 Å². The third-order valence-corrected chi connectivity index (χ3v) is 4.95. The minimum atomic E-state index is -0.322. The normalized spacial score (nSPS) is 11.1. The highest BCUT2D eigenvalue weighted by Gasteiger charge is 2.23. The molecule has 1 aromatic carbocycles. The van der Waals surface area contributed by atoms with Gasteiger partial charge in [0.25, 0.3) is 5.91 Å². The number of amides is 1. The maximum absolute atomic E-state index is 13.5. The lowest BCUT2D eigenvalue weighted by Gasteiger charge is -2.18. The molecule has 0 radical (unpaired) electrons. The summed E-state index contributed by atoms with van der Waals surface area (Å²) in [7, 11) is 0. The van der Waals surface area contributed by atoms with Gasteiger partial charge >= 0.3 is 0 Å². The van der Waals surface area contributed by atoms with E-state index < -0.39 is 0 Å². The van der Waals surface area contributed by atoms with Gasteiger partial charge in [-0.2, -0.15) is 0 Å². The zero-order valence-corrected chi connectivity index (χ0v) is 14.5. The fourth-order valence-corrected chi connectivity index (χ4v) is 3.66. The molecule has 0 aliphatic heterocycles. The molecule has 0 saturated heterocycles. The van der Waals surface area contributed by atoms with Crippen molar-refractivity contribution >= 4 is 32.6 Å². The summed E-state index contributed by atoms with van der Waals surface area (Å²) < 4.78 is 21.4. The van der Waals surface area contributed by atoms with Gasteiger partial charge in [0, 0.05) is 25.5 Å². The minimum absolute atomic E-state index is 0.248. The fraction of sp³-hybridized carbons (Fsp3) is 0.167. The van der Waals surface area contributed by atoms with Crippen molar-refractivity contribution in [2.45, 2.75) is 13.0 Å². The number of hydrogen-bond acceptors (Lipinski definition) is 5. The number of thiazole rings is 1. The van der Waals surface area contributed by atoms with Crippen LogP contribution < -0.4 is 4.90 Å². The SMILES string of the molecule is O=C(c1ccco1)N(CCCn1ccnc1)c1nc2ccc(F)cc2s1. The Morgan fingerprint density at radius 3 is 3.04 bits per heavy atom. The molecule has 8 heteroatoms. The number of rotatable bonds is 6. The minimum Gasteiger partial charge on any atom is -0.459 e. The maximum Gasteiger partial charge on any atom is 0.295 e. The van der Waals surface area contributed by atoms with E-state index in [0.717, 1.165) is 6.54 Å². The summed E-state index contributed by atoms with van der Waals surface area (Å²) in [4.78, 5) is 22.9. The number of benzene rings is 1. The molecule has 4 aromatic rings. The number of aryl methyl sites for hydroxylation is 1.